The van der Waals surface area contributed by atoms with Gasteiger partial charge in [0.05, 0.1) is 17.9 Å². The Kier molecular flexibility index (Phi) is 8.86. The molecule has 10 nitrogen and oxygen atoms in total. The molecule has 3 rings (SSSR count). The Labute approximate surface area is 190 Å². The van der Waals surface area contributed by atoms with E-state index in [2.05, 4.69) is 22.4 Å². The number of ether oxygens (including phenoxy) is 5. The third-order valence-corrected chi connectivity index (χ3v) is 5.40. The predicted octanol–water partition coefficient (Wildman–Crippen LogP) is 0.0838. The fourth-order valence-electron chi connectivity index (χ4n) is 3.58. The van der Waals surface area contributed by atoms with Crippen LogP contribution in [0.15, 0.2) is 35.5 Å². The number of rotatable bonds is 7. The number of isothiocyanates is 1. The standard InChI is InChI=1S/C21H27NO9S/c1-11-18(31-20-17(26)19(27-2)14(23)9-28-20)15(24)16(25)21(29-11)30-13-5-3-12(4-6-13)7-8-22-10-32/h3-8,11,14-21,23-26H,9H2,1-2H3/b8-7+/t11-,14+,15-,16+,17+,18-,19-,20-,21-/m0/s1. The third-order valence-electron chi connectivity index (χ3n) is 5.29. The summed E-state index contributed by atoms with van der Waals surface area (Å²) in [5.41, 5.74) is 0.851. The summed E-state index contributed by atoms with van der Waals surface area (Å²) in [6, 6.07) is 6.90. The van der Waals surface area contributed by atoms with E-state index in [-0.39, 0.29) is 6.61 Å². The lowest BCUT2D eigenvalue weighted by molar-refractivity contribution is -0.335. The van der Waals surface area contributed by atoms with E-state index >= 15 is 0 Å². The number of nitrogens with zero attached hydrogens (tertiary/aromatic N) is 1. The maximum absolute atomic E-state index is 10.6. The largest absolute Gasteiger partial charge is 0.462 e. The zero-order valence-corrected chi connectivity index (χ0v) is 18.4. The lowest BCUT2D eigenvalue weighted by atomic mass is 9.99. The van der Waals surface area contributed by atoms with Crippen molar-refractivity contribution in [2.45, 2.75) is 62.2 Å². The summed E-state index contributed by atoms with van der Waals surface area (Å²) in [6.07, 6.45) is -6.86. The zero-order chi connectivity index (χ0) is 23.3. The minimum atomic E-state index is -1.43. The number of benzene rings is 1. The van der Waals surface area contributed by atoms with Crippen molar-refractivity contribution in [3.05, 3.63) is 36.0 Å². The molecule has 0 saturated carbocycles. The molecule has 0 bridgehead atoms. The van der Waals surface area contributed by atoms with Crippen LogP contribution in [0.5, 0.6) is 5.75 Å². The Morgan fingerprint density at radius 1 is 1.06 bits per heavy atom. The Balaban J connectivity index is 1.61. The first-order chi connectivity index (χ1) is 15.3. The van der Waals surface area contributed by atoms with E-state index in [0.29, 0.717) is 5.75 Å². The van der Waals surface area contributed by atoms with Crippen LogP contribution in [0.4, 0.5) is 0 Å². The predicted molar refractivity (Wildman–Crippen MR) is 115 cm³/mol. The van der Waals surface area contributed by atoms with Gasteiger partial charge in [-0.25, -0.2) is 4.99 Å². The number of aliphatic hydroxyl groups is 4. The fourth-order valence-corrected chi connectivity index (χ4v) is 3.64. The number of methoxy groups -OCH3 is 1. The lowest BCUT2D eigenvalue weighted by Gasteiger charge is -2.44. The van der Waals surface area contributed by atoms with Crippen molar-refractivity contribution in [2.24, 2.45) is 4.99 Å². The Hall–Kier alpha value is -1.76. The SMILES string of the molecule is CO[C@@H]1[C@@H](O)[C@H](O[C@@H]2[C@@H](O)[C@@H](O)[C@H](Oc3ccc(/C=C/N=C=S)cc3)O[C@H]2C)OC[C@H]1O. The third kappa shape index (κ3) is 5.77. The van der Waals surface area contributed by atoms with E-state index < -0.39 is 55.3 Å². The van der Waals surface area contributed by atoms with Gasteiger partial charge in [0.1, 0.15) is 42.4 Å². The van der Waals surface area contributed by atoms with Crippen LogP contribution in [0.3, 0.4) is 0 Å². The molecule has 2 heterocycles. The van der Waals surface area contributed by atoms with Gasteiger partial charge in [0.2, 0.25) is 6.29 Å². The molecule has 0 spiro atoms. The molecule has 2 aliphatic heterocycles. The minimum Gasteiger partial charge on any atom is -0.462 e. The van der Waals surface area contributed by atoms with Gasteiger partial charge in [0.15, 0.2) is 6.29 Å². The minimum absolute atomic E-state index is 0.115. The fraction of sp³-hybridized carbons (Fsp3) is 0.571. The molecular weight excluding hydrogens is 442 g/mol. The second-order valence-electron chi connectivity index (χ2n) is 7.47. The van der Waals surface area contributed by atoms with Gasteiger partial charge in [0.25, 0.3) is 0 Å². The van der Waals surface area contributed by atoms with Crippen molar-refractivity contribution in [3.63, 3.8) is 0 Å². The average molecular weight is 470 g/mol. The summed E-state index contributed by atoms with van der Waals surface area (Å²) >= 11 is 4.49. The van der Waals surface area contributed by atoms with Crippen molar-refractivity contribution in [1.82, 2.24) is 0 Å². The molecule has 0 aromatic heterocycles. The van der Waals surface area contributed by atoms with Crippen LogP contribution in [-0.2, 0) is 18.9 Å². The maximum Gasteiger partial charge on any atom is 0.229 e. The maximum atomic E-state index is 10.6. The van der Waals surface area contributed by atoms with Crippen LogP contribution in [0.2, 0.25) is 0 Å². The smallest absolute Gasteiger partial charge is 0.229 e. The van der Waals surface area contributed by atoms with Crippen LogP contribution >= 0.6 is 12.2 Å². The zero-order valence-electron chi connectivity index (χ0n) is 17.6. The second kappa shape index (κ2) is 11.4. The van der Waals surface area contributed by atoms with E-state index in [4.69, 9.17) is 23.7 Å². The summed E-state index contributed by atoms with van der Waals surface area (Å²) in [7, 11) is 1.35. The van der Waals surface area contributed by atoms with Gasteiger partial charge in [-0.3, -0.25) is 0 Å². The molecule has 1 aromatic carbocycles. The Bertz CT molecular complexity index is 816. The Morgan fingerprint density at radius 3 is 2.44 bits per heavy atom. The molecule has 2 saturated heterocycles. The molecule has 2 fully saturated rings. The van der Waals surface area contributed by atoms with E-state index in [1.165, 1.54) is 13.3 Å². The van der Waals surface area contributed by atoms with Crippen LogP contribution in [0.25, 0.3) is 6.08 Å². The quantitative estimate of drug-likeness (QED) is 0.321. The highest BCUT2D eigenvalue weighted by molar-refractivity contribution is 7.78. The van der Waals surface area contributed by atoms with Crippen LogP contribution in [0.1, 0.15) is 12.5 Å². The molecular formula is C21H27NO9S. The molecule has 0 amide bonds. The summed E-state index contributed by atoms with van der Waals surface area (Å²) in [5, 5.41) is 43.6. The lowest BCUT2D eigenvalue weighted by Crippen LogP contribution is -2.62. The van der Waals surface area contributed by atoms with Crippen molar-refractivity contribution >= 4 is 23.5 Å². The van der Waals surface area contributed by atoms with E-state index in [9.17, 15) is 20.4 Å². The van der Waals surface area contributed by atoms with Crippen LogP contribution < -0.4 is 4.74 Å². The van der Waals surface area contributed by atoms with Crippen LogP contribution in [-0.4, -0.2) is 94.6 Å². The van der Waals surface area contributed by atoms with Crippen molar-refractivity contribution in [1.29, 1.82) is 0 Å². The molecule has 176 valence electrons. The van der Waals surface area contributed by atoms with Gasteiger partial charge in [-0.1, -0.05) is 12.1 Å². The van der Waals surface area contributed by atoms with Crippen molar-refractivity contribution < 1.29 is 44.1 Å². The van der Waals surface area contributed by atoms with E-state index in [1.54, 1.807) is 37.3 Å². The molecule has 0 radical (unpaired) electrons. The highest BCUT2D eigenvalue weighted by atomic mass is 32.1. The molecule has 11 heteroatoms. The average Bonchev–Trinajstić information content (AvgIpc) is 2.78. The topological polar surface area (TPSA) is 139 Å². The summed E-state index contributed by atoms with van der Waals surface area (Å²) < 4.78 is 27.5. The molecule has 9 atom stereocenters. The summed E-state index contributed by atoms with van der Waals surface area (Å²) in [5.74, 6) is 0.422. The normalized spacial score (nSPS) is 37.8. The van der Waals surface area contributed by atoms with Gasteiger partial charge in [-0.05, 0) is 42.9 Å². The molecule has 1 aromatic rings. The second-order valence-corrected chi connectivity index (χ2v) is 7.66. The molecule has 4 N–H and O–H groups in total. The number of aliphatic imine (C=N–C) groups is 1. The van der Waals surface area contributed by atoms with E-state index in [0.717, 1.165) is 5.56 Å². The number of hydrogen-bond acceptors (Lipinski definition) is 11. The highest BCUT2D eigenvalue weighted by Crippen LogP contribution is 2.29. The highest BCUT2D eigenvalue weighted by Gasteiger charge is 2.48. The van der Waals surface area contributed by atoms with Gasteiger partial charge in [-0.2, -0.15) is 0 Å². The number of thiocarbonyl (C=S) groups is 1. The van der Waals surface area contributed by atoms with Crippen molar-refractivity contribution in [2.75, 3.05) is 13.7 Å². The molecule has 2 aliphatic rings. The van der Waals surface area contributed by atoms with Gasteiger partial charge < -0.3 is 44.1 Å². The Morgan fingerprint density at radius 2 is 1.78 bits per heavy atom. The van der Waals surface area contributed by atoms with E-state index in [1.807, 2.05) is 0 Å². The molecule has 32 heavy (non-hydrogen) atoms. The molecule has 0 unspecified atom stereocenters. The van der Waals surface area contributed by atoms with Gasteiger partial charge in [0, 0.05) is 13.3 Å². The van der Waals surface area contributed by atoms with Crippen molar-refractivity contribution in [3.8, 4) is 5.75 Å². The van der Waals surface area contributed by atoms with Gasteiger partial charge in [-0.15, -0.1) is 0 Å². The summed E-state index contributed by atoms with van der Waals surface area (Å²) in [6.45, 7) is 1.52. The first-order valence-electron chi connectivity index (χ1n) is 10.0. The number of hydrogen-bond donors (Lipinski definition) is 4. The van der Waals surface area contributed by atoms with Gasteiger partial charge >= 0.3 is 0 Å². The first kappa shape index (κ1) is 24.9. The summed E-state index contributed by atoms with van der Waals surface area (Å²) in [4.78, 5) is 3.69. The monoisotopic (exact) mass is 469 g/mol. The number of aliphatic hydroxyl groups excluding tert-OH is 4. The van der Waals surface area contributed by atoms with Crippen LogP contribution in [0, 0.1) is 0 Å². The molecule has 0 aliphatic carbocycles. The first-order valence-corrected chi connectivity index (χ1v) is 10.4.